The minimum atomic E-state index is -0.737. The van der Waals surface area contributed by atoms with Crippen molar-refractivity contribution in [2.75, 3.05) is 19.0 Å². The molecule has 7 nitrogen and oxygen atoms in total. The van der Waals surface area contributed by atoms with E-state index in [-0.39, 0.29) is 11.4 Å². The summed E-state index contributed by atoms with van der Waals surface area (Å²) < 4.78 is 12.7. The van der Waals surface area contributed by atoms with Gasteiger partial charge in [0.25, 0.3) is 5.91 Å². The molecule has 0 saturated carbocycles. The van der Waals surface area contributed by atoms with E-state index in [9.17, 15) is 9.59 Å². The third-order valence-corrected chi connectivity index (χ3v) is 4.54. The predicted octanol–water partition coefficient (Wildman–Crippen LogP) is 3.28. The summed E-state index contributed by atoms with van der Waals surface area (Å²) in [6.45, 7) is -0.425. The first-order valence-corrected chi connectivity index (χ1v) is 9.07. The summed E-state index contributed by atoms with van der Waals surface area (Å²) in [4.78, 5) is 24.4. The number of para-hydroxylation sites is 2. The Morgan fingerprint density at radius 1 is 1.11 bits per heavy atom. The fourth-order valence-corrected chi connectivity index (χ4v) is 2.83. The van der Waals surface area contributed by atoms with Crippen LogP contribution in [-0.4, -0.2) is 35.4 Å². The highest BCUT2D eigenvalue weighted by atomic mass is 127. The van der Waals surface area contributed by atoms with Crippen LogP contribution in [0.3, 0.4) is 0 Å². The minimum absolute atomic E-state index is 0.00319. The summed E-state index contributed by atoms with van der Waals surface area (Å²) >= 11 is 2.11. The second-order valence-corrected chi connectivity index (χ2v) is 6.59. The Balaban J connectivity index is 1.66. The normalized spacial score (nSPS) is 10.3. The van der Waals surface area contributed by atoms with Crippen LogP contribution in [0, 0.1) is 3.57 Å². The van der Waals surface area contributed by atoms with E-state index in [4.69, 9.17) is 9.47 Å². The Hall–Kier alpha value is -2.88. The number of anilines is 1. The van der Waals surface area contributed by atoms with Crippen LogP contribution in [0.2, 0.25) is 0 Å². The number of rotatable bonds is 6. The molecule has 138 valence electrons. The minimum Gasteiger partial charge on any atom is -0.493 e. The van der Waals surface area contributed by atoms with Crippen LogP contribution < -0.4 is 10.1 Å². The van der Waals surface area contributed by atoms with Crippen molar-refractivity contribution in [3.8, 4) is 11.4 Å². The molecule has 1 N–H and O–H groups in total. The molecule has 1 heterocycles. The zero-order valence-electron chi connectivity index (χ0n) is 14.4. The molecule has 0 fully saturated rings. The van der Waals surface area contributed by atoms with Crippen LogP contribution in [0.4, 0.5) is 5.69 Å². The Labute approximate surface area is 169 Å². The largest absolute Gasteiger partial charge is 0.493 e. The number of hydrogen-bond donors (Lipinski definition) is 1. The van der Waals surface area contributed by atoms with E-state index in [2.05, 4.69) is 33.0 Å². The molecule has 0 unspecified atom stereocenters. The third-order valence-electron chi connectivity index (χ3n) is 3.60. The van der Waals surface area contributed by atoms with Crippen molar-refractivity contribution in [2.24, 2.45) is 0 Å². The highest BCUT2D eigenvalue weighted by molar-refractivity contribution is 14.1. The number of methoxy groups -OCH3 is 1. The van der Waals surface area contributed by atoms with E-state index in [1.807, 2.05) is 48.5 Å². The second-order valence-electron chi connectivity index (χ2n) is 5.43. The number of esters is 1. The number of carbonyl (C=O) groups is 2. The van der Waals surface area contributed by atoms with Crippen molar-refractivity contribution in [1.29, 1.82) is 0 Å². The highest BCUT2D eigenvalue weighted by Gasteiger charge is 2.21. The lowest BCUT2D eigenvalue weighted by atomic mass is 10.3. The van der Waals surface area contributed by atoms with Crippen LogP contribution in [0.25, 0.3) is 5.69 Å². The Morgan fingerprint density at radius 2 is 1.81 bits per heavy atom. The van der Waals surface area contributed by atoms with Crippen molar-refractivity contribution in [2.45, 2.75) is 0 Å². The molecule has 0 aliphatic heterocycles. The SMILES string of the molecule is COc1cn(-c2ccccc2)nc1C(=O)OCC(=O)Nc1ccccc1I. The fourth-order valence-electron chi connectivity index (χ4n) is 2.31. The molecular formula is C19H16IN3O4. The van der Waals surface area contributed by atoms with Crippen LogP contribution in [0.1, 0.15) is 10.5 Å². The van der Waals surface area contributed by atoms with Gasteiger partial charge in [-0.05, 0) is 46.9 Å². The lowest BCUT2D eigenvalue weighted by Crippen LogP contribution is -2.21. The van der Waals surface area contributed by atoms with Crippen molar-refractivity contribution in [3.63, 3.8) is 0 Å². The summed E-state index contributed by atoms with van der Waals surface area (Å²) in [5, 5.41) is 6.91. The zero-order valence-corrected chi connectivity index (χ0v) is 16.5. The van der Waals surface area contributed by atoms with Crippen LogP contribution >= 0.6 is 22.6 Å². The van der Waals surface area contributed by atoms with Gasteiger partial charge < -0.3 is 14.8 Å². The van der Waals surface area contributed by atoms with Gasteiger partial charge in [0.15, 0.2) is 12.4 Å². The molecule has 3 aromatic rings. The number of nitrogens with one attached hydrogen (secondary N) is 1. The van der Waals surface area contributed by atoms with E-state index < -0.39 is 18.5 Å². The van der Waals surface area contributed by atoms with E-state index in [0.717, 1.165) is 9.26 Å². The monoisotopic (exact) mass is 477 g/mol. The number of nitrogens with zero attached hydrogens (tertiary/aromatic N) is 2. The first-order valence-electron chi connectivity index (χ1n) is 7.99. The number of benzene rings is 2. The van der Waals surface area contributed by atoms with Crippen molar-refractivity contribution in [3.05, 3.63) is 70.1 Å². The van der Waals surface area contributed by atoms with Gasteiger partial charge in [-0.25, -0.2) is 9.48 Å². The fraction of sp³-hybridized carbons (Fsp3) is 0.105. The molecule has 0 spiro atoms. The maximum absolute atomic E-state index is 12.3. The molecule has 0 atom stereocenters. The number of carbonyl (C=O) groups excluding carboxylic acids is 2. The first-order chi connectivity index (χ1) is 13.1. The molecule has 0 bridgehead atoms. The lowest BCUT2D eigenvalue weighted by Gasteiger charge is -2.07. The Kier molecular flexibility index (Phi) is 6.07. The van der Waals surface area contributed by atoms with E-state index >= 15 is 0 Å². The van der Waals surface area contributed by atoms with Crippen LogP contribution in [0.15, 0.2) is 60.8 Å². The summed E-state index contributed by atoms with van der Waals surface area (Å²) in [6, 6.07) is 16.6. The summed E-state index contributed by atoms with van der Waals surface area (Å²) in [6.07, 6.45) is 1.58. The van der Waals surface area contributed by atoms with Crippen molar-refractivity contribution in [1.82, 2.24) is 9.78 Å². The Morgan fingerprint density at radius 3 is 2.52 bits per heavy atom. The molecule has 1 amide bonds. The van der Waals surface area contributed by atoms with Gasteiger partial charge >= 0.3 is 5.97 Å². The number of hydrogen-bond acceptors (Lipinski definition) is 5. The van der Waals surface area contributed by atoms with Crippen LogP contribution in [0.5, 0.6) is 5.75 Å². The molecule has 2 aromatic carbocycles. The molecule has 0 aliphatic carbocycles. The number of aromatic nitrogens is 2. The summed E-state index contributed by atoms with van der Waals surface area (Å²) in [5.41, 5.74) is 1.43. The average molecular weight is 477 g/mol. The van der Waals surface area contributed by atoms with Crippen LogP contribution in [-0.2, 0) is 9.53 Å². The van der Waals surface area contributed by atoms with Gasteiger partial charge in [0, 0.05) is 3.57 Å². The van der Waals surface area contributed by atoms with Gasteiger partial charge in [-0.2, -0.15) is 5.10 Å². The summed E-state index contributed by atoms with van der Waals surface area (Å²) in [7, 11) is 1.44. The standard InChI is InChI=1S/C19H16IN3O4/c1-26-16-11-23(13-7-3-2-4-8-13)22-18(16)19(25)27-12-17(24)21-15-10-6-5-9-14(15)20/h2-11H,12H2,1H3,(H,21,24). The molecule has 3 rings (SSSR count). The first kappa shape index (κ1) is 18.9. The van der Waals surface area contributed by atoms with Gasteiger partial charge in [0.05, 0.1) is 24.7 Å². The third kappa shape index (κ3) is 4.64. The van der Waals surface area contributed by atoms with Gasteiger partial charge in [-0.3, -0.25) is 4.79 Å². The highest BCUT2D eigenvalue weighted by Crippen LogP contribution is 2.20. The predicted molar refractivity (Wildman–Crippen MR) is 108 cm³/mol. The number of halogens is 1. The summed E-state index contributed by atoms with van der Waals surface area (Å²) in [5.74, 6) is -0.907. The molecular weight excluding hydrogens is 461 g/mol. The van der Waals surface area contributed by atoms with Gasteiger partial charge in [-0.1, -0.05) is 30.3 Å². The zero-order chi connectivity index (χ0) is 19.2. The molecule has 0 saturated heterocycles. The van der Waals surface area contributed by atoms with E-state index in [0.29, 0.717) is 5.69 Å². The second kappa shape index (κ2) is 8.67. The molecule has 0 aliphatic rings. The number of ether oxygens (including phenoxy) is 2. The van der Waals surface area contributed by atoms with E-state index in [1.165, 1.54) is 11.8 Å². The topological polar surface area (TPSA) is 82.5 Å². The molecule has 1 aromatic heterocycles. The molecule has 27 heavy (non-hydrogen) atoms. The molecule has 8 heteroatoms. The lowest BCUT2D eigenvalue weighted by molar-refractivity contribution is -0.119. The average Bonchev–Trinajstić information content (AvgIpc) is 3.13. The van der Waals surface area contributed by atoms with Crippen molar-refractivity contribution >= 4 is 40.2 Å². The van der Waals surface area contributed by atoms with Gasteiger partial charge in [0.2, 0.25) is 5.69 Å². The Bertz CT molecular complexity index is 957. The quantitative estimate of drug-likeness (QED) is 0.436. The number of amides is 1. The van der Waals surface area contributed by atoms with Gasteiger partial charge in [-0.15, -0.1) is 0 Å². The molecule has 0 radical (unpaired) electrons. The smallest absolute Gasteiger partial charge is 0.363 e. The maximum atomic E-state index is 12.3. The van der Waals surface area contributed by atoms with Gasteiger partial charge in [0.1, 0.15) is 0 Å². The van der Waals surface area contributed by atoms with Crippen molar-refractivity contribution < 1.29 is 19.1 Å². The maximum Gasteiger partial charge on any atom is 0.363 e. The van der Waals surface area contributed by atoms with E-state index in [1.54, 1.807) is 12.3 Å².